The normalized spacial score (nSPS) is 18.2. The first-order valence-corrected chi connectivity index (χ1v) is 32.7. The highest BCUT2D eigenvalue weighted by molar-refractivity contribution is 9.10. The molecule has 472 valence electrons. The summed E-state index contributed by atoms with van der Waals surface area (Å²) >= 11 is 3.47. The lowest BCUT2D eigenvalue weighted by molar-refractivity contribution is -0.136. The average molecular weight is 1310 g/mol. The van der Waals surface area contributed by atoms with Crippen LogP contribution in [0.1, 0.15) is 134 Å². The number of amides is 2. The molecule has 2 aromatic heterocycles. The minimum absolute atomic E-state index is 0.152. The molecule has 2 atom stereocenters. The summed E-state index contributed by atoms with van der Waals surface area (Å²) in [7, 11) is -7.23. The number of aliphatic hydroxyl groups excluding tert-OH is 4. The van der Waals surface area contributed by atoms with Gasteiger partial charge in [-0.2, -0.15) is 35.0 Å². The van der Waals surface area contributed by atoms with E-state index in [4.69, 9.17) is 10.2 Å². The molecule has 0 bridgehead atoms. The largest absolute Gasteiger partial charge is 0.394 e. The zero-order valence-electron chi connectivity index (χ0n) is 47.6. The Labute approximate surface area is 501 Å². The van der Waals surface area contributed by atoms with Crippen LogP contribution < -0.4 is 10.6 Å². The molecule has 8 rings (SSSR count). The second-order valence-corrected chi connectivity index (χ2v) is 26.5. The number of piperidine rings is 2. The summed E-state index contributed by atoms with van der Waals surface area (Å²) in [4.78, 5) is 34.4. The summed E-state index contributed by atoms with van der Waals surface area (Å²) in [6.45, 7) is 4.16. The molecule has 2 saturated heterocycles. The van der Waals surface area contributed by atoms with Gasteiger partial charge in [0.25, 0.3) is 11.8 Å². The number of aliphatic hydroxyl groups is 4. The molecule has 85 heavy (non-hydrogen) atoms. The molecule has 0 aliphatic carbocycles. The van der Waals surface area contributed by atoms with Gasteiger partial charge in [-0.05, 0) is 93.3 Å². The van der Waals surface area contributed by atoms with E-state index in [1.165, 1.54) is 14.0 Å². The molecule has 2 aromatic carbocycles. The van der Waals surface area contributed by atoms with Gasteiger partial charge in [-0.15, -0.1) is 0 Å². The SMILES string of the molecule is C=CS(=O)(=O)N1CCC2(CC1)N=C(CCCCCCCCC(F)(F)F)NC2=O.O=C1NC(CCCCCCCCC(F)(F)F)=NC12CCN(S(=O)(=O)/C=C/c1cccc3c1ccn3C[C@H](O)CO)CC2.OC[C@@H](O)Cn1ccc2c(Br)cccc21. The average Bonchev–Trinajstić information content (AvgIpc) is 2.39. The van der Waals surface area contributed by atoms with Gasteiger partial charge in [0, 0.05) is 101 Å². The summed E-state index contributed by atoms with van der Waals surface area (Å²) in [5.41, 5.74) is 0.726. The van der Waals surface area contributed by atoms with E-state index < -0.39 is 68.5 Å². The zero-order chi connectivity index (χ0) is 62.1. The minimum Gasteiger partial charge on any atom is -0.394 e. The van der Waals surface area contributed by atoms with Gasteiger partial charge < -0.3 is 40.2 Å². The molecule has 6 N–H and O–H groups in total. The summed E-state index contributed by atoms with van der Waals surface area (Å²) in [5.74, 6) is 0.840. The molecule has 0 saturated carbocycles. The van der Waals surface area contributed by atoms with E-state index in [0.717, 1.165) is 83.1 Å². The van der Waals surface area contributed by atoms with E-state index in [1.54, 1.807) is 29.0 Å². The van der Waals surface area contributed by atoms with E-state index in [2.05, 4.69) is 43.1 Å². The minimum atomic E-state index is -4.09. The third-order valence-electron chi connectivity index (χ3n) is 15.6. The Hall–Kier alpha value is -5.00. The lowest BCUT2D eigenvalue weighted by Gasteiger charge is -2.34. The number of fused-ring (bicyclic) bond motifs is 2. The molecule has 2 spiro atoms. The molecular weight excluding hydrogens is 1230 g/mol. The lowest BCUT2D eigenvalue weighted by Crippen LogP contribution is -2.50. The number of aromatic nitrogens is 2. The highest BCUT2D eigenvalue weighted by Gasteiger charge is 2.48. The van der Waals surface area contributed by atoms with Gasteiger partial charge in [0.2, 0.25) is 20.0 Å². The summed E-state index contributed by atoms with van der Waals surface area (Å²) < 4.78 is 130. The second kappa shape index (κ2) is 31.3. The number of rotatable bonds is 27. The molecule has 0 unspecified atom stereocenters. The maximum absolute atomic E-state index is 13.1. The number of hydrogen-bond acceptors (Lipinski definition) is 12. The first-order chi connectivity index (χ1) is 40.2. The van der Waals surface area contributed by atoms with Crippen molar-refractivity contribution in [2.45, 2.75) is 177 Å². The zero-order valence-corrected chi connectivity index (χ0v) is 50.8. The van der Waals surface area contributed by atoms with Gasteiger partial charge in [0.05, 0.1) is 38.5 Å². The Morgan fingerprint density at radius 3 is 1.44 bits per heavy atom. The number of carbonyl (C=O) groups is 2. The van der Waals surface area contributed by atoms with Crippen LogP contribution >= 0.6 is 15.9 Å². The quantitative estimate of drug-likeness (QED) is 0.0244. The summed E-state index contributed by atoms with van der Waals surface area (Å²) in [6, 6.07) is 15.2. The molecule has 2 fully saturated rings. The number of aliphatic imine (C=N–C) groups is 2. The maximum Gasteiger partial charge on any atom is 0.389 e. The van der Waals surface area contributed by atoms with Gasteiger partial charge >= 0.3 is 12.4 Å². The molecule has 18 nitrogen and oxygen atoms in total. The molecular formula is C58H79BrF6N8O10S2. The number of unbranched alkanes of at least 4 members (excludes halogenated alkanes) is 10. The Kier molecular flexibility index (Phi) is 25.4. The number of alkyl halides is 6. The Morgan fingerprint density at radius 2 is 1.00 bits per heavy atom. The molecule has 4 aromatic rings. The number of nitrogens with zero attached hydrogens (tertiary/aromatic N) is 6. The van der Waals surface area contributed by atoms with Crippen molar-refractivity contribution < 1.29 is 73.2 Å². The molecule has 2 amide bonds. The fraction of sp³-hybridized carbons (Fsp3) is 0.586. The number of sulfonamides is 2. The topological polar surface area (TPSA) is 248 Å². The first-order valence-electron chi connectivity index (χ1n) is 28.9. The highest BCUT2D eigenvalue weighted by atomic mass is 79.9. The number of hydrogen-bond donors (Lipinski definition) is 6. The predicted octanol–water partition coefficient (Wildman–Crippen LogP) is 9.60. The van der Waals surface area contributed by atoms with Crippen molar-refractivity contribution in [1.82, 2.24) is 28.4 Å². The maximum atomic E-state index is 13.1. The standard InChI is InChI=1S/C29H39F3N4O5S.C18H28F3N3O3S.C11H12BrNO2/c30-29(31,32)13-6-4-2-1-3-5-10-26-33-27(39)28(34-26)14-17-36(18-15-28)42(40,41)19-12-22-8-7-9-25-24(22)11-16-35(25)20-23(38)21-37;1-2-28(26,27)24-13-11-17(12-14-24)16(25)22-15(23-17)9-7-5-3-4-6-8-10-18(19,20)21;12-10-2-1-3-11-9(10)4-5-13(11)6-8(15)7-14/h7-9,11-12,16,19,23,37-38H,1-6,10,13-15,17-18,20-21H2,(H,33,34,39);2H,1,3-14H2,(H,22,23,25);1-5,8,14-15H,6-7H2/b19-12+;;/t23-;;8-/m0.0/s1. The Bertz CT molecular complexity index is 3190. The van der Waals surface area contributed by atoms with Crippen LogP contribution in [0.5, 0.6) is 0 Å². The van der Waals surface area contributed by atoms with Gasteiger partial charge in [-0.25, -0.2) is 16.8 Å². The van der Waals surface area contributed by atoms with Crippen LogP contribution in [-0.2, 0) is 42.7 Å². The fourth-order valence-electron chi connectivity index (χ4n) is 10.8. The van der Waals surface area contributed by atoms with Gasteiger partial charge in [0.1, 0.15) is 22.7 Å². The molecule has 6 heterocycles. The van der Waals surface area contributed by atoms with Crippen LogP contribution in [-0.4, -0.2) is 154 Å². The third kappa shape index (κ3) is 20.3. The third-order valence-corrected chi connectivity index (χ3v) is 19.4. The van der Waals surface area contributed by atoms with Crippen LogP contribution in [0, 0.1) is 0 Å². The smallest absolute Gasteiger partial charge is 0.389 e. The van der Waals surface area contributed by atoms with E-state index in [-0.39, 0.29) is 83.4 Å². The van der Waals surface area contributed by atoms with Crippen LogP contribution in [0.4, 0.5) is 26.3 Å². The van der Waals surface area contributed by atoms with E-state index >= 15 is 0 Å². The molecule has 4 aliphatic heterocycles. The van der Waals surface area contributed by atoms with Gasteiger partial charge in [0.15, 0.2) is 0 Å². The van der Waals surface area contributed by atoms with Crippen molar-refractivity contribution >= 4 is 87.3 Å². The van der Waals surface area contributed by atoms with Gasteiger partial charge in [-0.1, -0.05) is 92.1 Å². The van der Waals surface area contributed by atoms with Gasteiger partial charge in [-0.3, -0.25) is 19.6 Å². The molecule has 0 radical (unpaired) electrons. The molecule has 4 aliphatic rings. The van der Waals surface area contributed by atoms with E-state index in [0.29, 0.717) is 62.3 Å². The second-order valence-electron chi connectivity index (χ2n) is 22.0. The Balaban J connectivity index is 0.000000229. The van der Waals surface area contributed by atoms with Crippen molar-refractivity contribution in [3.8, 4) is 0 Å². The number of nitrogens with one attached hydrogen (secondary N) is 2. The van der Waals surface area contributed by atoms with Crippen LogP contribution in [0.2, 0.25) is 0 Å². The first kappa shape index (κ1) is 69.1. The van der Waals surface area contributed by atoms with E-state index in [1.807, 2.05) is 47.2 Å². The van der Waals surface area contributed by atoms with Crippen molar-refractivity contribution in [3.63, 3.8) is 0 Å². The van der Waals surface area contributed by atoms with E-state index in [9.17, 15) is 63.0 Å². The van der Waals surface area contributed by atoms with Crippen LogP contribution in [0.3, 0.4) is 0 Å². The number of carbonyl (C=O) groups excluding carboxylic acids is 2. The van der Waals surface area contributed by atoms with Crippen molar-refractivity contribution in [1.29, 1.82) is 0 Å². The number of amidine groups is 2. The Morgan fingerprint density at radius 1 is 0.600 bits per heavy atom. The summed E-state index contributed by atoms with van der Waals surface area (Å²) in [6.07, 6.45) is 4.40. The molecule has 27 heteroatoms. The summed E-state index contributed by atoms with van der Waals surface area (Å²) in [5, 5.41) is 46.8. The van der Waals surface area contributed by atoms with Crippen LogP contribution in [0.25, 0.3) is 27.9 Å². The number of halogens is 7. The highest BCUT2D eigenvalue weighted by Crippen LogP contribution is 2.35. The van der Waals surface area contributed by atoms with Crippen molar-refractivity contribution in [3.05, 3.63) is 88.4 Å². The van der Waals surface area contributed by atoms with Crippen molar-refractivity contribution in [2.24, 2.45) is 9.98 Å². The van der Waals surface area contributed by atoms with Crippen LogP contribution in [0.15, 0.2) is 92.8 Å². The fourth-order valence-corrected chi connectivity index (χ4v) is 13.3. The predicted molar refractivity (Wildman–Crippen MR) is 319 cm³/mol. The van der Waals surface area contributed by atoms with Crippen molar-refractivity contribution in [2.75, 3.05) is 39.4 Å². The lowest BCUT2D eigenvalue weighted by atomic mass is 9.89. The number of benzene rings is 2. The monoisotopic (exact) mass is 1300 g/mol.